The highest BCUT2D eigenvalue weighted by Gasteiger charge is 2.38. The van der Waals surface area contributed by atoms with Crippen molar-refractivity contribution in [1.29, 1.82) is 0 Å². The number of likely N-dealkylation sites (N-methyl/N-ethyl adjacent to an activating group) is 1. The molecular formula is C25H32FN3O5. The molecule has 1 aliphatic heterocycles. The Balaban J connectivity index is 1.75. The second kappa shape index (κ2) is 8.29. The van der Waals surface area contributed by atoms with Crippen molar-refractivity contribution in [3.05, 3.63) is 45.1 Å². The fraction of sp³-hybridized carbons (Fsp3) is 0.560. The highest BCUT2D eigenvalue weighted by molar-refractivity contribution is 5.89. The van der Waals surface area contributed by atoms with Crippen molar-refractivity contribution in [1.82, 2.24) is 9.30 Å². The lowest BCUT2D eigenvalue weighted by Crippen LogP contribution is -2.44. The second-order valence-corrected chi connectivity index (χ2v) is 10.6. The number of carboxylic acids is 1. The summed E-state index contributed by atoms with van der Waals surface area (Å²) in [4.78, 5) is 40.6. The van der Waals surface area contributed by atoms with Crippen molar-refractivity contribution < 1.29 is 23.8 Å². The van der Waals surface area contributed by atoms with Gasteiger partial charge in [0.05, 0.1) is 23.4 Å². The number of fused-ring (bicyclic) bond motifs is 1. The van der Waals surface area contributed by atoms with Crippen LogP contribution in [0.25, 0.3) is 5.52 Å². The fourth-order valence-corrected chi connectivity index (χ4v) is 4.99. The number of aryl methyl sites for hydroxylation is 1. The lowest BCUT2D eigenvalue weighted by molar-refractivity contribution is 0.0208. The van der Waals surface area contributed by atoms with Gasteiger partial charge in [0.2, 0.25) is 0 Å². The summed E-state index contributed by atoms with van der Waals surface area (Å²) in [5.41, 5.74) is 0.628. The normalized spacial score (nSPS) is 20.6. The summed E-state index contributed by atoms with van der Waals surface area (Å²) in [6.07, 6.45) is 2.49. The molecule has 0 radical (unpaired) electrons. The molecule has 2 aliphatic rings. The number of aromatic carboxylic acids is 1. The Morgan fingerprint density at radius 3 is 2.44 bits per heavy atom. The molecule has 2 aromatic heterocycles. The Kier molecular flexibility index (Phi) is 5.86. The summed E-state index contributed by atoms with van der Waals surface area (Å²) < 4.78 is 22.1. The van der Waals surface area contributed by atoms with Crippen LogP contribution >= 0.6 is 0 Å². The Bertz CT molecular complexity index is 1230. The average Bonchev–Trinajstić information content (AvgIpc) is 3.49. The SMILES string of the molecule is Cc1c(N2C[C@@H](N(C)C(=O)OC(C)(C)C)[C@@H](C)C2)c(F)cn2c(=O)c(C(=O)O)cc(C3CC3)c12. The molecule has 0 unspecified atom stereocenters. The molecule has 1 amide bonds. The van der Waals surface area contributed by atoms with Crippen LogP contribution in [0.5, 0.6) is 0 Å². The van der Waals surface area contributed by atoms with Crippen molar-refractivity contribution >= 4 is 23.3 Å². The quantitative estimate of drug-likeness (QED) is 0.721. The zero-order chi connectivity index (χ0) is 25.1. The molecule has 1 aliphatic carbocycles. The standard InChI is InChI=1S/C25H32FN3O5/c1-13-10-28(12-19(13)27(6)24(33)34-25(3,4)5)21-14(2)20-16(15-7-8-15)9-17(23(31)32)22(30)29(20)11-18(21)26/h9,11,13,15,19H,7-8,10,12H2,1-6H3,(H,31,32)/t13-,19+/m0/s1. The molecule has 2 aromatic rings. The van der Waals surface area contributed by atoms with E-state index in [4.69, 9.17) is 4.74 Å². The molecule has 1 saturated heterocycles. The first-order valence-corrected chi connectivity index (χ1v) is 11.6. The van der Waals surface area contributed by atoms with Crippen molar-refractivity contribution in [2.75, 3.05) is 25.0 Å². The van der Waals surface area contributed by atoms with Crippen LogP contribution in [-0.2, 0) is 4.74 Å². The summed E-state index contributed by atoms with van der Waals surface area (Å²) in [7, 11) is 1.69. The summed E-state index contributed by atoms with van der Waals surface area (Å²) >= 11 is 0. The van der Waals surface area contributed by atoms with E-state index in [-0.39, 0.29) is 23.4 Å². The van der Waals surface area contributed by atoms with Crippen molar-refractivity contribution in [2.45, 2.75) is 65.0 Å². The Labute approximate surface area is 197 Å². The van der Waals surface area contributed by atoms with Gasteiger partial charge in [-0.2, -0.15) is 0 Å². The number of ether oxygens (including phenoxy) is 1. The molecule has 0 aromatic carbocycles. The maximum atomic E-state index is 15.5. The van der Waals surface area contributed by atoms with E-state index in [1.807, 2.05) is 32.6 Å². The smallest absolute Gasteiger partial charge is 0.410 e. The minimum Gasteiger partial charge on any atom is -0.477 e. The first kappa shape index (κ1) is 24.0. The van der Waals surface area contributed by atoms with Gasteiger partial charge < -0.3 is 19.6 Å². The monoisotopic (exact) mass is 473 g/mol. The third kappa shape index (κ3) is 4.23. The molecule has 0 bridgehead atoms. The lowest BCUT2D eigenvalue weighted by atomic mass is 10.0. The number of carbonyl (C=O) groups excluding carboxylic acids is 1. The fourth-order valence-electron chi connectivity index (χ4n) is 4.99. The second-order valence-electron chi connectivity index (χ2n) is 10.6. The number of carbonyl (C=O) groups is 2. The van der Waals surface area contributed by atoms with Crippen LogP contribution in [0.2, 0.25) is 0 Å². The van der Waals surface area contributed by atoms with E-state index in [0.717, 1.165) is 29.0 Å². The third-order valence-electron chi connectivity index (χ3n) is 6.76. The summed E-state index contributed by atoms with van der Waals surface area (Å²) in [5, 5.41) is 9.49. The number of nitrogens with zero attached hydrogens (tertiary/aromatic N) is 3. The van der Waals surface area contributed by atoms with E-state index in [9.17, 15) is 19.5 Å². The van der Waals surface area contributed by atoms with E-state index in [2.05, 4.69) is 0 Å². The first-order chi connectivity index (χ1) is 15.8. The van der Waals surface area contributed by atoms with E-state index in [1.165, 1.54) is 6.07 Å². The van der Waals surface area contributed by atoms with Gasteiger partial charge in [-0.05, 0) is 69.6 Å². The van der Waals surface area contributed by atoms with Gasteiger partial charge in [0.25, 0.3) is 5.56 Å². The summed E-state index contributed by atoms with van der Waals surface area (Å²) in [5.74, 6) is -1.68. The van der Waals surface area contributed by atoms with Gasteiger partial charge in [-0.25, -0.2) is 14.0 Å². The minimum absolute atomic E-state index is 0.0621. The molecular weight excluding hydrogens is 441 g/mol. The maximum absolute atomic E-state index is 15.5. The van der Waals surface area contributed by atoms with E-state index >= 15 is 4.39 Å². The third-order valence-corrected chi connectivity index (χ3v) is 6.76. The Hall–Kier alpha value is -3.10. The zero-order valence-corrected chi connectivity index (χ0v) is 20.5. The van der Waals surface area contributed by atoms with Crippen LogP contribution in [0.15, 0.2) is 17.1 Å². The number of anilines is 1. The first-order valence-electron chi connectivity index (χ1n) is 11.6. The summed E-state index contributed by atoms with van der Waals surface area (Å²) in [6, 6.07) is 1.28. The van der Waals surface area contributed by atoms with Gasteiger partial charge in [-0.3, -0.25) is 9.20 Å². The molecule has 1 N–H and O–H groups in total. The van der Waals surface area contributed by atoms with Gasteiger partial charge in [0.15, 0.2) is 5.82 Å². The van der Waals surface area contributed by atoms with E-state index < -0.39 is 29.0 Å². The van der Waals surface area contributed by atoms with Gasteiger partial charge >= 0.3 is 12.1 Å². The highest BCUT2D eigenvalue weighted by atomic mass is 19.1. The van der Waals surface area contributed by atoms with E-state index in [1.54, 1.807) is 18.9 Å². The summed E-state index contributed by atoms with van der Waals surface area (Å²) in [6.45, 7) is 10.2. The molecule has 34 heavy (non-hydrogen) atoms. The van der Waals surface area contributed by atoms with Gasteiger partial charge in [0, 0.05) is 20.1 Å². The van der Waals surface area contributed by atoms with Crippen molar-refractivity contribution in [2.24, 2.45) is 5.92 Å². The number of pyridine rings is 2. The minimum atomic E-state index is -1.31. The van der Waals surface area contributed by atoms with Crippen molar-refractivity contribution in [3.63, 3.8) is 0 Å². The van der Waals surface area contributed by atoms with E-state index in [0.29, 0.717) is 29.9 Å². The number of carboxylic acid groups (broad SMARTS) is 1. The van der Waals surface area contributed by atoms with Crippen LogP contribution < -0.4 is 10.5 Å². The van der Waals surface area contributed by atoms with Crippen LogP contribution in [0, 0.1) is 18.7 Å². The predicted molar refractivity (Wildman–Crippen MR) is 126 cm³/mol. The molecule has 2 atom stereocenters. The molecule has 0 spiro atoms. The van der Waals surface area contributed by atoms with Crippen LogP contribution in [-0.4, -0.2) is 58.2 Å². The number of rotatable bonds is 4. The number of amides is 1. The largest absolute Gasteiger partial charge is 0.477 e. The molecule has 9 heteroatoms. The van der Waals surface area contributed by atoms with Crippen LogP contribution in [0.1, 0.15) is 67.9 Å². The number of aromatic nitrogens is 1. The Morgan fingerprint density at radius 1 is 1.24 bits per heavy atom. The molecule has 3 heterocycles. The molecule has 8 nitrogen and oxygen atoms in total. The molecule has 1 saturated carbocycles. The van der Waals surface area contributed by atoms with Crippen LogP contribution in [0.4, 0.5) is 14.9 Å². The molecule has 2 fully saturated rings. The highest BCUT2D eigenvalue weighted by Crippen LogP contribution is 2.44. The topological polar surface area (TPSA) is 91.6 Å². The molecule has 4 rings (SSSR count). The van der Waals surface area contributed by atoms with Gasteiger partial charge in [-0.15, -0.1) is 0 Å². The van der Waals surface area contributed by atoms with Crippen LogP contribution in [0.3, 0.4) is 0 Å². The average molecular weight is 474 g/mol. The number of hydrogen-bond donors (Lipinski definition) is 1. The maximum Gasteiger partial charge on any atom is 0.410 e. The number of hydrogen-bond acceptors (Lipinski definition) is 5. The van der Waals surface area contributed by atoms with Gasteiger partial charge in [-0.1, -0.05) is 6.92 Å². The van der Waals surface area contributed by atoms with Gasteiger partial charge in [0.1, 0.15) is 11.2 Å². The Morgan fingerprint density at radius 2 is 1.88 bits per heavy atom. The molecule has 184 valence electrons. The lowest BCUT2D eigenvalue weighted by Gasteiger charge is -2.30. The van der Waals surface area contributed by atoms with Crippen molar-refractivity contribution in [3.8, 4) is 0 Å². The zero-order valence-electron chi connectivity index (χ0n) is 20.5. The number of halogens is 1. The predicted octanol–water partition coefficient (Wildman–Crippen LogP) is 4.01.